The third-order valence-electron chi connectivity index (χ3n) is 3.41. The van der Waals surface area contributed by atoms with Gasteiger partial charge in [-0.1, -0.05) is 0 Å². The van der Waals surface area contributed by atoms with Crippen molar-refractivity contribution in [2.75, 3.05) is 43.4 Å². The van der Waals surface area contributed by atoms with Gasteiger partial charge in [0, 0.05) is 26.2 Å². The Morgan fingerprint density at radius 3 is 2.86 bits per heavy atom. The van der Waals surface area contributed by atoms with Gasteiger partial charge in [-0.3, -0.25) is 5.10 Å². The maximum atomic E-state index is 11.7. The number of ether oxygens (including phenoxy) is 1. The zero-order chi connectivity index (χ0) is 14.8. The van der Waals surface area contributed by atoms with Crippen LogP contribution in [0.5, 0.6) is 0 Å². The minimum absolute atomic E-state index is 0.203. The topological polar surface area (TPSA) is 113 Å². The van der Waals surface area contributed by atoms with Crippen LogP contribution in [0.2, 0.25) is 0 Å². The smallest absolute Gasteiger partial charge is 0.409 e. The molecular formula is C12H17N7O2. The lowest BCUT2D eigenvalue weighted by atomic mass is 10.3. The number of nitrogens with two attached hydrogens (primary N) is 1. The number of aromatic nitrogens is 4. The first kappa shape index (κ1) is 13.4. The summed E-state index contributed by atoms with van der Waals surface area (Å²) >= 11 is 0. The minimum Gasteiger partial charge on any atom is -0.450 e. The summed E-state index contributed by atoms with van der Waals surface area (Å²) in [4.78, 5) is 23.9. The number of nitrogens with zero attached hydrogens (tertiary/aromatic N) is 5. The molecule has 0 unspecified atom stereocenters. The molecule has 3 heterocycles. The van der Waals surface area contributed by atoms with Gasteiger partial charge in [0.15, 0.2) is 5.65 Å². The fraction of sp³-hybridized carbons (Fsp3) is 0.500. The standard InChI is InChI=1S/C12H17N7O2/c1-2-21-12(20)19-5-3-18(4-6-19)10-8-7-14-17-9(8)15-11(13)16-10/h7H,2-6H2,1H3,(H3,13,14,15,16,17). The van der Waals surface area contributed by atoms with Crippen LogP contribution >= 0.6 is 0 Å². The number of carbonyl (C=O) groups excluding carboxylic acids is 1. The molecule has 0 saturated carbocycles. The number of carbonyl (C=O) groups is 1. The van der Waals surface area contributed by atoms with Crippen molar-refractivity contribution in [2.24, 2.45) is 0 Å². The third kappa shape index (κ3) is 2.54. The van der Waals surface area contributed by atoms with Crippen LogP contribution in [-0.4, -0.2) is 63.9 Å². The molecule has 1 aliphatic rings. The molecule has 112 valence electrons. The van der Waals surface area contributed by atoms with Crippen LogP contribution in [0.15, 0.2) is 6.20 Å². The SMILES string of the molecule is CCOC(=O)N1CCN(c2nc(N)nc3[nH]ncc23)CC1. The first-order valence-corrected chi connectivity index (χ1v) is 6.82. The van der Waals surface area contributed by atoms with E-state index in [-0.39, 0.29) is 12.0 Å². The van der Waals surface area contributed by atoms with Crippen LogP contribution in [0.4, 0.5) is 16.6 Å². The molecule has 9 nitrogen and oxygen atoms in total. The van der Waals surface area contributed by atoms with Gasteiger partial charge in [0.05, 0.1) is 18.2 Å². The average Bonchev–Trinajstić information content (AvgIpc) is 2.95. The van der Waals surface area contributed by atoms with Gasteiger partial charge in [-0.15, -0.1) is 0 Å². The highest BCUT2D eigenvalue weighted by Crippen LogP contribution is 2.24. The molecule has 9 heteroatoms. The average molecular weight is 291 g/mol. The Kier molecular flexibility index (Phi) is 3.46. The van der Waals surface area contributed by atoms with Gasteiger partial charge in [-0.2, -0.15) is 15.1 Å². The van der Waals surface area contributed by atoms with Gasteiger partial charge in [0.1, 0.15) is 5.82 Å². The van der Waals surface area contributed by atoms with Crippen LogP contribution < -0.4 is 10.6 Å². The predicted molar refractivity (Wildman–Crippen MR) is 76.9 cm³/mol. The minimum atomic E-state index is -0.271. The number of hydrogen-bond acceptors (Lipinski definition) is 7. The van der Waals surface area contributed by atoms with E-state index in [9.17, 15) is 4.79 Å². The van der Waals surface area contributed by atoms with E-state index in [1.54, 1.807) is 18.0 Å². The summed E-state index contributed by atoms with van der Waals surface area (Å²) in [7, 11) is 0. The van der Waals surface area contributed by atoms with Crippen molar-refractivity contribution in [1.29, 1.82) is 0 Å². The number of rotatable bonds is 2. The zero-order valence-corrected chi connectivity index (χ0v) is 11.7. The van der Waals surface area contributed by atoms with Crippen molar-refractivity contribution in [3.05, 3.63) is 6.20 Å². The largest absolute Gasteiger partial charge is 0.450 e. The van der Waals surface area contributed by atoms with Crippen molar-refractivity contribution >= 4 is 28.9 Å². The summed E-state index contributed by atoms with van der Waals surface area (Å²) in [6.45, 7) is 4.68. The van der Waals surface area contributed by atoms with E-state index in [1.807, 2.05) is 0 Å². The number of hydrogen-bond donors (Lipinski definition) is 2. The molecule has 1 fully saturated rings. The summed E-state index contributed by atoms with van der Waals surface area (Å²) in [5.41, 5.74) is 6.34. The Bertz CT molecular complexity index is 648. The summed E-state index contributed by atoms with van der Waals surface area (Å²) in [6.07, 6.45) is 1.41. The van der Waals surface area contributed by atoms with Crippen LogP contribution in [0.25, 0.3) is 11.0 Å². The summed E-state index contributed by atoms with van der Waals surface area (Å²) in [5.74, 6) is 0.948. The van der Waals surface area contributed by atoms with E-state index in [1.165, 1.54) is 0 Å². The molecule has 0 radical (unpaired) electrons. The highest BCUT2D eigenvalue weighted by molar-refractivity contribution is 5.87. The number of H-pyrrole nitrogens is 1. The molecule has 0 spiro atoms. The Labute approximate surface area is 121 Å². The van der Waals surface area contributed by atoms with Gasteiger partial charge >= 0.3 is 6.09 Å². The highest BCUT2D eigenvalue weighted by Gasteiger charge is 2.24. The molecule has 3 N–H and O–H groups in total. The van der Waals surface area contributed by atoms with Gasteiger partial charge < -0.3 is 20.3 Å². The van der Waals surface area contributed by atoms with E-state index in [0.717, 1.165) is 11.2 Å². The normalized spacial score (nSPS) is 15.5. The molecular weight excluding hydrogens is 274 g/mol. The van der Waals surface area contributed by atoms with E-state index >= 15 is 0 Å². The Morgan fingerprint density at radius 1 is 1.38 bits per heavy atom. The Hall–Kier alpha value is -2.58. The van der Waals surface area contributed by atoms with Gasteiger partial charge in [0.25, 0.3) is 0 Å². The molecule has 2 aromatic heterocycles. The zero-order valence-electron chi connectivity index (χ0n) is 11.7. The summed E-state index contributed by atoms with van der Waals surface area (Å²) in [6, 6.07) is 0. The monoisotopic (exact) mass is 291 g/mol. The second-order valence-electron chi connectivity index (χ2n) is 4.71. The van der Waals surface area contributed by atoms with Crippen LogP contribution in [0, 0.1) is 0 Å². The van der Waals surface area contributed by atoms with E-state index < -0.39 is 0 Å². The second kappa shape index (κ2) is 5.43. The number of piperazine rings is 1. The Balaban J connectivity index is 1.77. The van der Waals surface area contributed by atoms with Crippen LogP contribution in [0.3, 0.4) is 0 Å². The van der Waals surface area contributed by atoms with Crippen molar-refractivity contribution < 1.29 is 9.53 Å². The molecule has 2 aromatic rings. The quantitative estimate of drug-likeness (QED) is 0.813. The molecule has 0 bridgehead atoms. The molecule has 1 saturated heterocycles. The number of amides is 1. The Morgan fingerprint density at radius 2 is 2.14 bits per heavy atom. The van der Waals surface area contributed by atoms with Crippen LogP contribution in [-0.2, 0) is 4.74 Å². The molecule has 1 amide bonds. The van der Waals surface area contributed by atoms with Gasteiger partial charge in [-0.25, -0.2) is 4.79 Å². The number of aromatic amines is 1. The lowest BCUT2D eigenvalue weighted by Crippen LogP contribution is -2.49. The maximum Gasteiger partial charge on any atom is 0.409 e. The highest BCUT2D eigenvalue weighted by atomic mass is 16.6. The number of nitrogens with one attached hydrogen (secondary N) is 1. The van der Waals surface area contributed by atoms with E-state index in [0.29, 0.717) is 38.4 Å². The fourth-order valence-electron chi connectivity index (χ4n) is 2.39. The lowest BCUT2D eigenvalue weighted by Gasteiger charge is -2.34. The predicted octanol–water partition coefficient (Wildman–Crippen LogP) is 0.214. The molecule has 0 aliphatic carbocycles. The first-order chi connectivity index (χ1) is 10.2. The number of fused-ring (bicyclic) bond motifs is 1. The first-order valence-electron chi connectivity index (χ1n) is 6.82. The molecule has 1 aliphatic heterocycles. The van der Waals surface area contributed by atoms with Crippen molar-refractivity contribution in [1.82, 2.24) is 25.1 Å². The van der Waals surface area contributed by atoms with Crippen molar-refractivity contribution in [3.63, 3.8) is 0 Å². The third-order valence-corrected chi connectivity index (χ3v) is 3.41. The lowest BCUT2D eigenvalue weighted by molar-refractivity contribution is 0.105. The molecule has 0 aromatic carbocycles. The van der Waals surface area contributed by atoms with Crippen molar-refractivity contribution in [2.45, 2.75) is 6.92 Å². The summed E-state index contributed by atoms with van der Waals surface area (Å²) < 4.78 is 5.01. The van der Waals surface area contributed by atoms with Gasteiger partial charge in [0.2, 0.25) is 5.95 Å². The van der Waals surface area contributed by atoms with E-state index in [4.69, 9.17) is 10.5 Å². The molecule has 21 heavy (non-hydrogen) atoms. The molecule has 3 rings (SSSR count). The fourth-order valence-corrected chi connectivity index (χ4v) is 2.39. The molecule has 0 atom stereocenters. The van der Waals surface area contributed by atoms with Crippen molar-refractivity contribution in [3.8, 4) is 0 Å². The maximum absolute atomic E-state index is 11.7. The van der Waals surface area contributed by atoms with Crippen LogP contribution in [0.1, 0.15) is 6.92 Å². The van der Waals surface area contributed by atoms with E-state index in [2.05, 4.69) is 25.1 Å². The summed E-state index contributed by atoms with van der Waals surface area (Å²) in [5, 5.41) is 7.59. The second-order valence-corrected chi connectivity index (χ2v) is 4.71. The number of anilines is 2. The van der Waals surface area contributed by atoms with Gasteiger partial charge in [-0.05, 0) is 6.92 Å². The number of nitrogen functional groups attached to an aromatic ring is 1.